The SMILES string of the molecule is CCCC1C(=O)NC(=O)N(CCN2CCOCC2)C1=O. The number of amides is 4. The van der Waals surface area contributed by atoms with E-state index in [0.29, 0.717) is 32.7 Å². The maximum atomic E-state index is 12.2. The standard InChI is InChI=1S/C13H21N3O4/c1-2-3-10-11(17)14-13(19)16(12(10)18)5-4-15-6-8-20-9-7-15/h10H,2-9H2,1H3,(H,14,17,19). The number of urea groups is 1. The van der Waals surface area contributed by atoms with Crippen molar-refractivity contribution in [3.05, 3.63) is 0 Å². The molecule has 0 spiro atoms. The highest BCUT2D eigenvalue weighted by atomic mass is 16.5. The van der Waals surface area contributed by atoms with Gasteiger partial charge >= 0.3 is 6.03 Å². The molecule has 1 N–H and O–H groups in total. The van der Waals surface area contributed by atoms with E-state index in [4.69, 9.17) is 4.74 Å². The second-order valence-corrected chi connectivity index (χ2v) is 5.08. The quantitative estimate of drug-likeness (QED) is 0.708. The third-order valence-corrected chi connectivity index (χ3v) is 3.68. The van der Waals surface area contributed by atoms with Crippen LogP contribution in [0.15, 0.2) is 0 Å². The second kappa shape index (κ2) is 6.81. The van der Waals surface area contributed by atoms with Crippen LogP contribution in [0, 0.1) is 5.92 Å². The molecule has 112 valence electrons. The summed E-state index contributed by atoms with van der Waals surface area (Å²) in [5.41, 5.74) is 0. The molecular formula is C13H21N3O4. The van der Waals surface area contributed by atoms with Gasteiger partial charge in [-0.2, -0.15) is 0 Å². The molecule has 2 fully saturated rings. The Morgan fingerprint density at radius 1 is 1.20 bits per heavy atom. The lowest BCUT2D eigenvalue weighted by molar-refractivity contribution is -0.143. The molecule has 1 unspecified atom stereocenters. The Morgan fingerprint density at radius 3 is 2.55 bits per heavy atom. The van der Waals surface area contributed by atoms with Gasteiger partial charge in [0.05, 0.1) is 13.2 Å². The van der Waals surface area contributed by atoms with E-state index in [9.17, 15) is 14.4 Å². The van der Waals surface area contributed by atoms with E-state index < -0.39 is 17.9 Å². The number of carbonyl (C=O) groups excluding carboxylic acids is 3. The van der Waals surface area contributed by atoms with Crippen LogP contribution in [0.5, 0.6) is 0 Å². The van der Waals surface area contributed by atoms with Crippen LogP contribution >= 0.6 is 0 Å². The van der Waals surface area contributed by atoms with Gasteiger partial charge in [-0.3, -0.25) is 24.7 Å². The van der Waals surface area contributed by atoms with Crippen LogP contribution < -0.4 is 5.32 Å². The normalized spacial score (nSPS) is 24.9. The number of hydrogen-bond acceptors (Lipinski definition) is 5. The summed E-state index contributed by atoms with van der Waals surface area (Å²) in [6.07, 6.45) is 1.21. The average Bonchev–Trinajstić information content (AvgIpc) is 2.44. The zero-order chi connectivity index (χ0) is 14.5. The summed E-state index contributed by atoms with van der Waals surface area (Å²) in [7, 11) is 0. The fourth-order valence-corrected chi connectivity index (χ4v) is 2.48. The maximum Gasteiger partial charge on any atom is 0.330 e. The van der Waals surface area contributed by atoms with Crippen molar-refractivity contribution in [1.29, 1.82) is 0 Å². The molecule has 7 heteroatoms. The average molecular weight is 283 g/mol. The summed E-state index contributed by atoms with van der Waals surface area (Å²) in [6.45, 7) is 5.82. The van der Waals surface area contributed by atoms with Crippen LogP contribution in [0.2, 0.25) is 0 Å². The summed E-state index contributed by atoms with van der Waals surface area (Å²) < 4.78 is 5.25. The second-order valence-electron chi connectivity index (χ2n) is 5.08. The summed E-state index contributed by atoms with van der Waals surface area (Å²) >= 11 is 0. The first-order valence-electron chi connectivity index (χ1n) is 7.09. The molecule has 4 amide bonds. The first kappa shape index (κ1) is 14.9. The van der Waals surface area contributed by atoms with E-state index in [1.807, 2.05) is 6.92 Å². The summed E-state index contributed by atoms with van der Waals surface area (Å²) in [4.78, 5) is 38.9. The topological polar surface area (TPSA) is 79.0 Å². The van der Waals surface area contributed by atoms with Crippen molar-refractivity contribution < 1.29 is 19.1 Å². The third-order valence-electron chi connectivity index (χ3n) is 3.68. The van der Waals surface area contributed by atoms with Gasteiger partial charge in [0.2, 0.25) is 11.8 Å². The van der Waals surface area contributed by atoms with Crippen molar-refractivity contribution >= 4 is 17.8 Å². The lowest BCUT2D eigenvalue weighted by Gasteiger charge is -2.33. The molecule has 20 heavy (non-hydrogen) atoms. The first-order valence-corrected chi connectivity index (χ1v) is 7.09. The number of nitrogens with one attached hydrogen (secondary N) is 1. The van der Waals surface area contributed by atoms with Crippen molar-refractivity contribution in [2.24, 2.45) is 5.92 Å². The Labute approximate surface area is 118 Å². The van der Waals surface area contributed by atoms with Crippen molar-refractivity contribution in [1.82, 2.24) is 15.1 Å². The maximum absolute atomic E-state index is 12.2. The van der Waals surface area contributed by atoms with Crippen LogP contribution in [-0.4, -0.2) is 67.0 Å². The number of ether oxygens (including phenoxy) is 1. The molecule has 7 nitrogen and oxygen atoms in total. The lowest BCUT2D eigenvalue weighted by Crippen LogP contribution is -2.59. The molecule has 1 atom stereocenters. The van der Waals surface area contributed by atoms with E-state index in [2.05, 4.69) is 10.2 Å². The Balaban J connectivity index is 1.92. The summed E-state index contributed by atoms with van der Waals surface area (Å²) in [5, 5.41) is 2.27. The Bertz CT molecular complexity index is 393. The molecule has 2 aliphatic heterocycles. The lowest BCUT2D eigenvalue weighted by atomic mass is 9.99. The smallest absolute Gasteiger partial charge is 0.330 e. The molecule has 0 bridgehead atoms. The fourth-order valence-electron chi connectivity index (χ4n) is 2.48. The van der Waals surface area contributed by atoms with E-state index in [-0.39, 0.29) is 5.91 Å². The zero-order valence-electron chi connectivity index (χ0n) is 11.8. The molecular weight excluding hydrogens is 262 g/mol. The minimum Gasteiger partial charge on any atom is -0.379 e. The van der Waals surface area contributed by atoms with E-state index in [0.717, 1.165) is 24.4 Å². The van der Waals surface area contributed by atoms with Crippen molar-refractivity contribution in [3.63, 3.8) is 0 Å². The van der Waals surface area contributed by atoms with Gasteiger partial charge in [-0.05, 0) is 6.42 Å². The number of barbiturate groups is 1. The van der Waals surface area contributed by atoms with E-state index in [1.54, 1.807) is 0 Å². The Kier molecular flexibility index (Phi) is 5.08. The van der Waals surface area contributed by atoms with Gasteiger partial charge in [-0.1, -0.05) is 13.3 Å². The highest BCUT2D eigenvalue weighted by Gasteiger charge is 2.39. The van der Waals surface area contributed by atoms with Gasteiger partial charge in [0, 0.05) is 26.2 Å². The van der Waals surface area contributed by atoms with Crippen LogP contribution in [0.1, 0.15) is 19.8 Å². The molecule has 0 aromatic carbocycles. The van der Waals surface area contributed by atoms with Gasteiger partial charge in [-0.25, -0.2) is 4.79 Å². The van der Waals surface area contributed by atoms with Crippen molar-refractivity contribution in [2.45, 2.75) is 19.8 Å². The number of carbonyl (C=O) groups is 3. The molecule has 0 aromatic heterocycles. The summed E-state index contributed by atoms with van der Waals surface area (Å²) in [6, 6.07) is -0.597. The van der Waals surface area contributed by atoms with E-state index in [1.165, 1.54) is 0 Å². The van der Waals surface area contributed by atoms with Gasteiger partial charge in [0.15, 0.2) is 0 Å². The first-order chi connectivity index (χ1) is 9.63. The van der Waals surface area contributed by atoms with Gasteiger partial charge in [0.1, 0.15) is 5.92 Å². The van der Waals surface area contributed by atoms with Crippen LogP contribution in [0.4, 0.5) is 4.79 Å². The Morgan fingerprint density at radius 2 is 1.90 bits per heavy atom. The molecule has 2 rings (SSSR count). The van der Waals surface area contributed by atoms with Crippen LogP contribution in [-0.2, 0) is 14.3 Å². The third kappa shape index (κ3) is 3.34. The molecule has 2 saturated heterocycles. The highest BCUT2D eigenvalue weighted by molar-refractivity contribution is 6.16. The van der Waals surface area contributed by atoms with Crippen molar-refractivity contribution in [3.8, 4) is 0 Å². The number of nitrogens with zero attached hydrogens (tertiary/aromatic N) is 2. The molecule has 0 aromatic rings. The monoisotopic (exact) mass is 283 g/mol. The minimum absolute atomic E-state index is 0.318. The molecule has 2 aliphatic rings. The molecule has 2 heterocycles. The van der Waals surface area contributed by atoms with Crippen LogP contribution in [0.25, 0.3) is 0 Å². The van der Waals surface area contributed by atoms with Crippen molar-refractivity contribution in [2.75, 3.05) is 39.4 Å². The van der Waals surface area contributed by atoms with Gasteiger partial charge in [0.25, 0.3) is 0 Å². The predicted octanol–water partition coefficient (Wildman–Crippen LogP) is -0.187. The molecule has 0 radical (unpaired) electrons. The number of rotatable bonds is 5. The largest absolute Gasteiger partial charge is 0.379 e. The highest BCUT2D eigenvalue weighted by Crippen LogP contribution is 2.15. The minimum atomic E-state index is -0.720. The molecule has 0 aliphatic carbocycles. The van der Waals surface area contributed by atoms with Gasteiger partial charge in [-0.15, -0.1) is 0 Å². The van der Waals surface area contributed by atoms with Gasteiger partial charge < -0.3 is 4.74 Å². The fraction of sp³-hybridized carbons (Fsp3) is 0.769. The number of imide groups is 2. The number of morpholine rings is 1. The molecule has 0 saturated carbocycles. The number of hydrogen-bond donors (Lipinski definition) is 1. The zero-order valence-corrected chi connectivity index (χ0v) is 11.8. The van der Waals surface area contributed by atoms with Crippen LogP contribution in [0.3, 0.4) is 0 Å². The summed E-state index contributed by atoms with van der Waals surface area (Å²) in [5.74, 6) is -1.55. The van der Waals surface area contributed by atoms with E-state index >= 15 is 0 Å². The predicted molar refractivity (Wildman–Crippen MR) is 70.9 cm³/mol. The Hall–Kier alpha value is -1.47.